The summed E-state index contributed by atoms with van der Waals surface area (Å²) in [5.41, 5.74) is 0.705. The summed E-state index contributed by atoms with van der Waals surface area (Å²) in [4.78, 5) is 23.8. The van der Waals surface area contributed by atoms with Crippen molar-refractivity contribution < 1.29 is 14.3 Å². The monoisotopic (exact) mass is 341 g/mol. The Labute approximate surface area is 128 Å². The van der Waals surface area contributed by atoms with Crippen molar-refractivity contribution in [2.45, 2.75) is 33.7 Å². The maximum atomic E-state index is 12.0. The Bertz CT molecular complexity index is 520. The van der Waals surface area contributed by atoms with Crippen LogP contribution in [0.15, 0.2) is 22.7 Å². The molecule has 0 saturated heterocycles. The Balaban J connectivity index is 3.07. The van der Waals surface area contributed by atoms with E-state index >= 15 is 0 Å². The molecule has 1 aromatic carbocycles. The maximum Gasteiger partial charge on any atom is 0.338 e. The highest BCUT2D eigenvalue weighted by atomic mass is 79.9. The van der Waals surface area contributed by atoms with Gasteiger partial charge in [-0.3, -0.25) is 4.79 Å². The Hall–Kier alpha value is -1.36. The molecule has 1 aromatic rings. The molecule has 0 saturated carbocycles. The van der Waals surface area contributed by atoms with Gasteiger partial charge >= 0.3 is 5.97 Å². The number of ether oxygens (including phenoxy) is 1. The summed E-state index contributed by atoms with van der Waals surface area (Å²) in [5.74, 6) is -0.484. The number of amides is 1. The molecule has 5 heteroatoms. The molecule has 0 aliphatic rings. The minimum atomic E-state index is -0.477. The highest BCUT2D eigenvalue weighted by Crippen LogP contribution is 2.24. The highest BCUT2D eigenvalue weighted by Gasteiger charge is 2.25. The summed E-state index contributed by atoms with van der Waals surface area (Å²) in [5, 5.41) is 2.91. The van der Waals surface area contributed by atoms with Crippen molar-refractivity contribution >= 4 is 27.8 Å². The van der Waals surface area contributed by atoms with Crippen LogP contribution in [-0.2, 0) is 9.53 Å². The fourth-order valence-electron chi connectivity index (χ4n) is 1.68. The third kappa shape index (κ3) is 4.07. The second kappa shape index (κ2) is 6.39. The van der Waals surface area contributed by atoms with Crippen molar-refractivity contribution in [2.24, 2.45) is 5.41 Å². The van der Waals surface area contributed by atoms with Gasteiger partial charge in [-0.2, -0.15) is 0 Å². The molecule has 0 aliphatic carbocycles. The molecule has 0 aliphatic heterocycles. The third-order valence-corrected chi connectivity index (χ3v) is 3.41. The molecule has 1 amide bonds. The van der Waals surface area contributed by atoms with Crippen LogP contribution in [0.1, 0.15) is 49.7 Å². The van der Waals surface area contributed by atoms with Gasteiger partial charge in [-0.1, -0.05) is 42.8 Å². The molecule has 4 nitrogen and oxygen atoms in total. The lowest BCUT2D eigenvalue weighted by atomic mass is 9.94. The topological polar surface area (TPSA) is 55.4 Å². The van der Waals surface area contributed by atoms with Crippen LogP contribution in [0.5, 0.6) is 0 Å². The molecule has 0 bridgehead atoms. The Kier molecular flexibility index (Phi) is 5.34. The standard InChI is InChI=1S/C15H20BrNO3/c1-9(17-14(19)15(2,3)4)11-7-6-10(16)8-12(11)13(18)20-5/h6-9H,1-5H3,(H,17,19)/t9-/m1/s1. The van der Waals surface area contributed by atoms with Gasteiger partial charge in [0.05, 0.1) is 18.7 Å². The minimum Gasteiger partial charge on any atom is -0.465 e. The first-order chi connectivity index (χ1) is 9.16. The largest absolute Gasteiger partial charge is 0.465 e. The van der Waals surface area contributed by atoms with E-state index in [0.717, 1.165) is 10.0 Å². The summed E-state index contributed by atoms with van der Waals surface area (Å²) in [7, 11) is 1.34. The van der Waals surface area contributed by atoms with Crippen molar-refractivity contribution in [3.8, 4) is 0 Å². The minimum absolute atomic E-state index is 0.0660. The fraction of sp³-hybridized carbons (Fsp3) is 0.467. The first kappa shape index (κ1) is 16.7. The molecule has 0 unspecified atom stereocenters. The van der Waals surface area contributed by atoms with Gasteiger partial charge in [-0.15, -0.1) is 0 Å². The molecule has 1 N–H and O–H groups in total. The number of esters is 1. The van der Waals surface area contributed by atoms with Crippen molar-refractivity contribution in [3.05, 3.63) is 33.8 Å². The van der Waals surface area contributed by atoms with Crippen LogP contribution in [0.2, 0.25) is 0 Å². The van der Waals surface area contributed by atoms with Gasteiger partial charge in [0.25, 0.3) is 0 Å². The zero-order valence-electron chi connectivity index (χ0n) is 12.4. The molecule has 1 atom stereocenters. The predicted molar refractivity (Wildman–Crippen MR) is 81.5 cm³/mol. The van der Waals surface area contributed by atoms with Crippen LogP contribution < -0.4 is 5.32 Å². The Morgan fingerprint density at radius 1 is 1.30 bits per heavy atom. The van der Waals surface area contributed by atoms with Crippen LogP contribution >= 0.6 is 15.9 Å². The van der Waals surface area contributed by atoms with E-state index in [-0.39, 0.29) is 11.9 Å². The van der Waals surface area contributed by atoms with Crippen LogP contribution in [0, 0.1) is 5.41 Å². The number of rotatable bonds is 3. The van der Waals surface area contributed by atoms with E-state index in [1.807, 2.05) is 39.8 Å². The first-order valence-corrected chi connectivity index (χ1v) is 7.15. The van der Waals surface area contributed by atoms with Gasteiger partial charge in [0, 0.05) is 9.89 Å². The molecule has 110 valence electrons. The van der Waals surface area contributed by atoms with E-state index < -0.39 is 11.4 Å². The fourth-order valence-corrected chi connectivity index (χ4v) is 2.04. The summed E-state index contributed by atoms with van der Waals surface area (Å²) in [6.07, 6.45) is 0. The first-order valence-electron chi connectivity index (χ1n) is 6.35. The van der Waals surface area contributed by atoms with Gasteiger partial charge in [0.1, 0.15) is 0 Å². The van der Waals surface area contributed by atoms with E-state index in [4.69, 9.17) is 4.74 Å². The number of hydrogen-bond acceptors (Lipinski definition) is 3. The van der Waals surface area contributed by atoms with E-state index in [2.05, 4.69) is 21.2 Å². The van der Waals surface area contributed by atoms with Gasteiger partial charge in [0.2, 0.25) is 5.91 Å². The van der Waals surface area contributed by atoms with Crippen LogP contribution in [0.25, 0.3) is 0 Å². The van der Waals surface area contributed by atoms with E-state index in [1.54, 1.807) is 6.07 Å². The van der Waals surface area contributed by atoms with Crippen molar-refractivity contribution in [1.82, 2.24) is 5.32 Å². The number of hydrogen-bond donors (Lipinski definition) is 1. The molecule has 0 fully saturated rings. The van der Waals surface area contributed by atoms with E-state index in [1.165, 1.54) is 7.11 Å². The van der Waals surface area contributed by atoms with Gasteiger partial charge in [-0.05, 0) is 24.6 Å². The number of carbonyl (C=O) groups is 2. The molecular weight excluding hydrogens is 322 g/mol. The summed E-state index contributed by atoms with van der Waals surface area (Å²) in [6.45, 7) is 7.38. The predicted octanol–water partition coefficient (Wildman–Crippen LogP) is 3.46. The van der Waals surface area contributed by atoms with Crippen molar-refractivity contribution in [3.63, 3.8) is 0 Å². The van der Waals surface area contributed by atoms with E-state index in [9.17, 15) is 9.59 Å². The van der Waals surface area contributed by atoms with Crippen molar-refractivity contribution in [1.29, 1.82) is 0 Å². The quantitative estimate of drug-likeness (QED) is 0.856. The van der Waals surface area contributed by atoms with E-state index in [0.29, 0.717) is 5.56 Å². The normalized spacial score (nSPS) is 12.7. The van der Waals surface area contributed by atoms with Gasteiger partial charge in [0.15, 0.2) is 0 Å². The number of nitrogens with one attached hydrogen (secondary N) is 1. The molecule has 1 rings (SSSR count). The Morgan fingerprint density at radius 2 is 1.90 bits per heavy atom. The number of halogens is 1. The lowest BCUT2D eigenvalue weighted by Crippen LogP contribution is -2.36. The molecular formula is C15H20BrNO3. The molecule has 0 radical (unpaired) electrons. The second-order valence-electron chi connectivity index (χ2n) is 5.67. The molecule has 0 heterocycles. The van der Waals surface area contributed by atoms with Crippen LogP contribution in [0.3, 0.4) is 0 Å². The number of benzene rings is 1. The summed E-state index contributed by atoms with van der Waals surface area (Å²) >= 11 is 3.33. The number of carbonyl (C=O) groups excluding carboxylic acids is 2. The maximum absolute atomic E-state index is 12.0. The zero-order valence-corrected chi connectivity index (χ0v) is 14.0. The highest BCUT2D eigenvalue weighted by molar-refractivity contribution is 9.10. The second-order valence-corrected chi connectivity index (χ2v) is 6.58. The van der Waals surface area contributed by atoms with Gasteiger partial charge in [-0.25, -0.2) is 4.79 Å². The van der Waals surface area contributed by atoms with Gasteiger partial charge < -0.3 is 10.1 Å². The third-order valence-electron chi connectivity index (χ3n) is 2.92. The zero-order chi connectivity index (χ0) is 15.5. The molecule has 20 heavy (non-hydrogen) atoms. The van der Waals surface area contributed by atoms with Crippen LogP contribution in [-0.4, -0.2) is 19.0 Å². The Morgan fingerprint density at radius 3 is 2.40 bits per heavy atom. The number of methoxy groups -OCH3 is 1. The molecule has 0 aromatic heterocycles. The smallest absolute Gasteiger partial charge is 0.338 e. The SMILES string of the molecule is COC(=O)c1cc(Br)ccc1[C@@H](C)NC(=O)C(C)(C)C. The average molecular weight is 342 g/mol. The lowest BCUT2D eigenvalue weighted by Gasteiger charge is -2.23. The lowest BCUT2D eigenvalue weighted by molar-refractivity contribution is -0.129. The molecule has 0 spiro atoms. The van der Waals surface area contributed by atoms with Crippen LogP contribution in [0.4, 0.5) is 0 Å². The summed E-state index contributed by atoms with van der Waals surface area (Å²) < 4.78 is 5.57. The average Bonchev–Trinajstić information content (AvgIpc) is 2.36. The van der Waals surface area contributed by atoms with Crippen molar-refractivity contribution in [2.75, 3.05) is 7.11 Å². The summed E-state index contributed by atoms with van der Waals surface area (Å²) in [6, 6.07) is 5.07.